The Balaban J connectivity index is 2.92. The molecule has 0 aromatic heterocycles. The Bertz CT molecular complexity index is 688. The molecule has 6 N–H and O–H groups in total. The minimum atomic E-state index is -1.37. The molecule has 4 atom stereocenters. The summed E-state index contributed by atoms with van der Waals surface area (Å²) in [7, 11) is 0. The van der Waals surface area contributed by atoms with Gasteiger partial charge in [0, 0.05) is 18.7 Å². The van der Waals surface area contributed by atoms with Crippen LogP contribution in [0.2, 0.25) is 0 Å². The Morgan fingerprint density at radius 2 is 1.77 bits per heavy atom. The fourth-order valence-corrected chi connectivity index (χ4v) is 3.52. The molecule has 0 aromatic rings. The van der Waals surface area contributed by atoms with E-state index in [2.05, 4.69) is 23.3 Å². The van der Waals surface area contributed by atoms with E-state index in [9.17, 15) is 29.1 Å². The highest BCUT2D eigenvalue weighted by Crippen LogP contribution is 2.21. The number of aliphatic carboxylic acids is 2. The molecule has 1 aliphatic heterocycles. The van der Waals surface area contributed by atoms with Gasteiger partial charge < -0.3 is 31.5 Å². The van der Waals surface area contributed by atoms with Gasteiger partial charge in [-0.15, -0.1) is 0 Å². The zero-order chi connectivity index (χ0) is 23.7. The number of nitrogens with one attached hydrogen (secondary N) is 2. The molecular weight excluding hydrogens is 428 g/mol. The Labute approximate surface area is 186 Å². The van der Waals surface area contributed by atoms with Gasteiger partial charge in [-0.3, -0.25) is 19.2 Å². The predicted molar refractivity (Wildman–Crippen MR) is 114 cm³/mol. The smallest absolute Gasteiger partial charge is 0.326 e. The van der Waals surface area contributed by atoms with Crippen molar-refractivity contribution < 1.29 is 34.2 Å². The average molecular weight is 461 g/mol. The van der Waals surface area contributed by atoms with Crippen LogP contribution in [0.5, 0.6) is 0 Å². The van der Waals surface area contributed by atoms with Crippen LogP contribution in [-0.4, -0.2) is 81.2 Å². The number of hydrogen-bond acceptors (Lipinski definition) is 7. The maximum Gasteiger partial charge on any atom is 0.326 e. The lowest BCUT2D eigenvalue weighted by atomic mass is 10.0. The van der Waals surface area contributed by atoms with Crippen LogP contribution in [0.1, 0.15) is 46.0 Å². The van der Waals surface area contributed by atoms with Crippen molar-refractivity contribution >= 4 is 42.3 Å². The van der Waals surface area contributed by atoms with Crippen molar-refractivity contribution in [2.24, 2.45) is 11.7 Å². The van der Waals surface area contributed by atoms with Crippen LogP contribution in [0.4, 0.5) is 0 Å². The fourth-order valence-electron chi connectivity index (χ4n) is 3.35. The maximum absolute atomic E-state index is 13.2. The van der Waals surface area contributed by atoms with E-state index < -0.39 is 60.2 Å². The highest BCUT2D eigenvalue weighted by molar-refractivity contribution is 7.80. The van der Waals surface area contributed by atoms with Crippen LogP contribution in [0.15, 0.2) is 0 Å². The summed E-state index contributed by atoms with van der Waals surface area (Å²) >= 11 is 3.99. The summed E-state index contributed by atoms with van der Waals surface area (Å²) in [5, 5.41) is 23.0. The van der Waals surface area contributed by atoms with E-state index >= 15 is 0 Å². The second-order valence-corrected chi connectivity index (χ2v) is 8.37. The third-order valence-electron chi connectivity index (χ3n) is 4.96. The second-order valence-electron chi connectivity index (χ2n) is 8.00. The summed E-state index contributed by atoms with van der Waals surface area (Å²) in [4.78, 5) is 61.5. The van der Waals surface area contributed by atoms with Gasteiger partial charge in [0.1, 0.15) is 18.1 Å². The van der Waals surface area contributed by atoms with Gasteiger partial charge in [-0.2, -0.15) is 12.6 Å². The van der Waals surface area contributed by atoms with Crippen LogP contribution >= 0.6 is 12.6 Å². The number of thiol groups is 1. The molecule has 3 amide bonds. The summed E-state index contributed by atoms with van der Waals surface area (Å²) in [6, 6.07) is -4.03. The molecule has 1 fully saturated rings. The molecule has 0 spiro atoms. The normalized spacial score (nSPS) is 18.9. The van der Waals surface area contributed by atoms with E-state index in [1.54, 1.807) is 0 Å². The summed E-state index contributed by atoms with van der Waals surface area (Å²) in [6.07, 6.45) is 0.519. The van der Waals surface area contributed by atoms with Gasteiger partial charge in [0.2, 0.25) is 17.7 Å². The highest BCUT2D eigenvalue weighted by atomic mass is 32.1. The lowest BCUT2D eigenvalue weighted by Crippen LogP contribution is -2.57. The van der Waals surface area contributed by atoms with Crippen molar-refractivity contribution in [3.05, 3.63) is 0 Å². The molecule has 0 saturated carbocycles. The van der Waals surface area contributed by atoms with Crippen molar-refractivity contribution in [1.82, 2.24) is 15.5 Å². The molecule has 0 aromatic carbocycles. The number of carboxylic acids is 2. The predicted octanol–water partition coefficient (Wildman–Crippen LogP) is -0.800. The molecule has 0 bridgehead atoms. The minimum Gasteiger partial charge on any atom is -0.481 e. The van der Waals surface area contributed by atoms with E-state index in [1.807, 2.05) is 13.8 Å². The number of carbonyl (C=O) groups is 5. The number of nitrogens with two attached hydrogens (primary N) is 1. The number of nitrogens with zero attached hydrogens (tertiary/aromatic N) is 1. The Morgan fingerprint density at radius 1 is 1.13 bits per heavy atom. The van der Waals surface area contributed by atoms with Crippen LogP contribution < -0.4 is 16.4 Å². The number of hydrogen-bond donors (Lipinski definition) is 6. The Hall–Kier alpha value is -2.34. The van der Waals surface area contributed by atoms with Crippen LogP contribution in [-0.2, 0) is 24.0 Å². The van der Waals surface area contributed by atoms with Gasteiger partial charge in [-0.05, 0) is 31.6 Å². The topological polar surface area (TPSA) is 179 Å². The van der Waals surface area contributed by atoms with Crippen molar-refractivity contribution in [2.75, 3.05) is 12.3 Å². The van der Waals surface area contributed by atoms with E-state index in [1.165, 1.54) is 4.90 Å². The third-order valence-corrected chi connectivity index (χ3v) is 5.35. The first-order valence-electron chi connectivity index (χ1n) is 10.2. The lowest BCUT2D eigenvalue weighted by Gasteiger charge is -2.30. The van der Waals surface area contributed by atoms with E-state index in [0.29, 0.717) is 19.3 Å². The number of rotatable bonds is 12. The molecule has 176 valence electrons. The first-order valence-corrected chi connectivity index (χ1v) is 10.8. The summed E-state index contributed by atoms with van der Waals surface area (Å²) in [6.45, 7) is 4.06. The quantitative estimate of drug-likeness (QED) is 0.205. The van der Waals surface area contributed by atoms with Gasteiger partial charge in [-0.25, -0.2) is 4.79 Å². The van der Waals surface area contributed by atoms with Crippen molar-refractivity contribution in [1.29, 1.82) is 0 Å². The minimum absolute atomic E-state index is 0.0729. The molecule has 11 nitrogen and oxygen atoms in total. The van der Waals surface area contributed by atoms with Crippen LogP contribution in [0.25, 0.3) is 0 Å². The average Bonchev–Trinajstić information content (AvgIpc) is 3.18. The number of carboxylic acid groups (broad SMARTS) is 2. The van der Waals surface area contributed by atoms with Crippen molar-refractivity contribution in [3.63, 3.8) is 0 Å². The standard InChI is InChI=1S/C19H32N4O7S/c1-10(2)8-13(22-16(26)11(20)9-31)18(28)23-7-3-4-14(23)17(27)21-12(19(29)30)5-6-15(24)25/h10-14,31H,3-9,20H2,1-2H3,(H,21,27)(H,22,26)(H,24,25)(H,29,30). The molecule has 1 saturated heterocycles. The number of carbonyl (C=O) groups excluding carboxylic acids is 3. The third kappa shape index (κ3) is 8.37. The molecule has 1 aliphatic rings. The van der Waals surface area contributed by atoms with Gasteiger partial charge in [-0.1, -0.05) is 13.8 Å². The maximum atomic E-state index is 13.2. The van der Waals surface area contributed by atoms with Gasteiger partial charge in [0.05, 0.1) is 6.04 Å². The molecule has 4 unspecified atom stereocenters. The first kappa shape index (κ1) is 26.7. The van der Waals surface area contributed by atoms with Gasteiger partial charge in [0.15, 0.2) is 0 Å². The van der Waals surface area contributed by atoms with E-state index in [0.717, 1.165) is 0 Å². The summed E-state index contributed by atoms with van der Waals surface area (Å²) in [5.41, 5.74) is 5.68. The molecule has 12 heteroatoms. The SMILES string of the molecule is CC(C)CC(NC(=O)C(N)CS)C(=O)N1CCCC1C(=O)NC(CCC(=O)O)C(=O)O. The van der Waals surface area contributed by atoms with E-state index in [4.69, 9.17) is 10.8 Å². The molecule has 31 heavy (non-hydrogen) atoms. The lowest BCUT2D eigenvalue weighted by molar-refractivity contribution is -0.145. The highest BCUT2D eigenvalue weighted by Gasteiger charge is 2.39. The molecular formula is C19H32N4O7S. The summed E-state index contributed by atoms with van der Waals surface area (Å²) in [5.74, 6) is -3.97. The Morgan fingerprint density at radius 3 is 2.29 bits per heavy atom. The molecule has 0 radical (unpaired) electrons. The van der Waals surface area contributed by atoms with Gasteiger partial charge >= 0.3 is 11.9 Å². The monoisotopic (exact) mass is 460 g/mol. The molecule has 1 heterocycles. The first-order chi connectivity index (χ1) is 14.5. The molecule has 1 rings (SSSR count). The number of likely N-dealkylation sites (tertiary alicyclic amines) is 1. The van der Waals surface area contributed by atoms with E-state index in [-0.39, 0.29) is 24.6 Å². The second kappa shape index (κ2) is 12.5. The van der Waals surface area contributed by atoms with Gasteiger partial charge in [0.25, 0.3) is 0 Å². The Kier molecular flexibility index (Phi) is 10.8. The zero-order valence-electron chi connectivity index (χ0n) is 17.7. The zero-order valence-corrected chi connectivity index (χ0v) is 18.6. The molecule has 0 aliphatic carbocycles. The van der Waals surface area contributed by atoms with Crippen LogP contribution in [0, 0.1) is 5.92 Å². The fraction of sp³-hybridized carbons (Fsp3) is 0.737. The van der Waals surface area contributed by atoms with Crippen molar-refractivity contribution in [2.45, 2.75) is 70.1 Å². The van der Waals surface area contributed by atoms with Crippen molar-refractivity contribution in [3.8, 4) is 0 Å². The number of amides is 3. The van der Waals surface area contributed by atoms with Crippen LogP contribution in [0.3, 0.4) is 0 Å². The summed E-state index contributed by atoms with van der Waals surface area (Å²) < 4.78 is 0. The largest absolute Gasteiger partial charge is 0.481 e.